The molecule has 0 bridgehead atoms. The number of urea groups is 1. The van der Waals surface area contributed by atoms with Gasteiger partial charge in [0, 0.05) is 49.1 Å². The lowest BCUT2D eigenvalue weighted by molar-refractivity contribution is -0.136. The van der Waals surface area contributed by atoms with Crippen LogP contribution in [0.15, 0.2) is 65.9 Å². The van der Waals surface area contributed by atoms with Crippen LogP contribution in [0.5, 0.6) is 0 Å². The number of methoxy groups -OCH3 is 1. The van der Waals surface area contributed by atoms with Crippen molar-refractivity contribution in [1.29, 1.82) is 0 Å². The van der Waals surface area contributed by atoms with Gasteiger partial charge in [0.15, 0.2) is 0 Å². The largest absolute Gasteiger partial charge is 0.466 e. The van der Waals surface area contributed by atoms with Crippen molar-refractivity contribution in [1.82, 2.24) is 15.5 Å². The molecule has 1 saturated heterocycles. The van der Waals surface area contributed by atoms with E-state index in [4.69, 9.17) is 16.3 Å². The van der Waals surface area contributed by atoms with Crippen LogP contribution in [0.4, 0.5) is 10.5 Å². The van der Waals surface area contributed by atoms with Gasteiger partial charge < -0.3 is 20.3 Å². The van der Waals surface area contributed by atoms with Crippen molar-refractivity contribution in [3.8, 4) is 0 Å². The molecule has 1 fully saturated rings. The van der Waals surface area contributed by atoms with Gasteiger partial charge in [0.25, 0.3) is 0 Å². The van der Waals surface area contributed by atoms with Crippen molar-refractivity contribution in [3.63, 3.8) is 0 Å². The minimum absolute atomic E-state index is 0.351. The molecule has 0 radical (unpaired) electrons. The van der Waals surface area contributed by atoms with Crippen LogP contribution in [0, 0.1) is 0 Å². The van der Waals surface area contributed by atoms with E-state index in [1.807, 2.05) is 24.3 Å². The molecule has 2 aliphatic heterocycles. The van der Waals surface area contributed by atoms with Gasteiger partial charge in [-0.25, -0.2) is 9.59 Å². The van der Waals surface area contributed by atoms with E-state index in [2.05, 4.69) is 32.6 Å². The molecule has 4 rings (SSSR count). The second kappa shape index (κ2) is 9.41. The summed E-state index contributed by atoms with van der Waals surface area (Å²) < 4.78 is 5.05. The normalized spacial score (nSPS) is 19.6. The highest BCUT2D eigenvalue weighted by Crippen LogP contribution is 2.29. The number of benzene rings is 2. The number of hydrogen-bond acceptors (Lipinski definition) is 5. The molecule has 2 aliphatic rings. The fourth-order valence-electron chi connectivity index (χ4n) is 4.06. The summed E-state index contributed by atoms with van der Waals surface area (Å²) in [5, 5.41) is 6.19. The lowest BCUT2D eigenvalue weighted by Gasteiger charge is -2.38. The van der Waals surface area contributed by atoms with Crippen LogP contribution in [0.2, 0.25) is 5.02 Å². The second-order valence-electron chi connectivity index (χ2n) is 7.57. The number of para-hydroxylation sites is 1. The van der Waals surface area contributed by atoms with E-state index in [9.17, 15) is 9.59 Å². The molecule has 2 N–H and O–H groups in total. The lowest BCUT2D eigenvalue weighted by Crippen LogP contribution is -2.51. The number of carbonyl (C=O) groups is 2. The zero-order valence-corrected chi connectivity index (χ0v) is 18.1. The van der Waals surface area contributed by atoms with Crippen molar-refractivity contribution in [2.45, 2.75) is 6.04 Å². The van der Waals surface area contributed by atoms with Gasteiger partial charge in [0.05, 0.1) is 18.7 Å². The molecule has 2 aromatic rings. The zero-order chi connectivity index (χ0) is 21.8. The third kappa shape index (κ3) is 4.84. The predicted molar refractivity (Wildman–Crippen MR) is 120 cm³/mol. The number of ether oxygens (including phenoxy) is 1. The SMILES string of the molecule is COC(=O)C1=C(CN2CCN(c3ccccc3)CC2)NC(=O)N[C@@H]1c1cccc(Cl)c1. The Labute approximate surface area is 186 Å². The molecule has 162 valence electrons. The molecule has 31 heavy (non-hydrogen) atoms. The number of piperazine rings is 1. The standard InChI is InChI=1S/C23H25ClN4O3/c1-31-22(29)20-19(25-23(30)26-21(20)16-6-5-7-17(24)14-16)15-27-10-12-28(13-11-27)18-8-3-2-4-9-18/h2-9,14,21H,10-13,15H2,1H3,(H2,25,26,30)/t21-/m1/s1. The highest BCUT2D eigenvalue weighted by Gasteiger charge is 2.34. The summed E-state index contributed by atoms with van der Waals surface area (Å²) >= 11 is 6.14. The summed E-state index contributed by atoms with van der Waals surface area (Å²) in [6, 6.07) is 16.5. The average molecular weight is 441 g/mol. The van der Waals surface area contributed by atoms with E-state index in [-0.39, 0.29) is 6.03 Å². The highest BCUT2D eigenvalue weighted by atomic mass is 35.5. The molecule has 2 aromatic carbocycles. The van der Waals surface area contributed by atoms with E-state index < -0.39 is 12.0 Å². The third-order valence-corrected chi connectivity index (χ3v) is 5.85. The van der Waals surface area contributed by atoms with E-state index in [1.165, 1.54) is 12.8 Å². The van der Waals surface area contributed by atoms with Gasteiger partial charge in [-0.1, -0.05) is 41.9 Å². The number of carbonyl (C=O) groups excluding carboxylic acids is 2. The van der Waals surface area contributed by atoms with Gasteiger partial charge in [0.2, 0.25) is 0 Å². The highest BCUT2D eigenvalue weighted by molar-refractivity contribution is 6.30. The zero-order valence-electron chi connectivity index (χ0n) is 17.3. The smallest absolute Gasteiger partial charge is 0.338 e. The Bertz CT molecular complexity index is 987. The minimum atomic E-state index is -0.625. The summed E-state index contributed by atoms with van der Waals surface area (Å²) in [7, 11) is 1.34. The van der Waals surface area contributed by atoms with Crippen molar-refractivity contribution in [3.05, 3.63) is 76.5 Å². The number of amides is 2. The van der Waals surface area contributed by atoms with Crippen LogP contribution in [-0.4, -0.2) is 56.7 Å². The van der Waals surface area contributed by atoms with Gasteiger partial charge in [-0.15, -0.1) is 0 Å². The number of halogens is 1. The van der Waals surface area contributed by atoms with Gasteiger partial charge >= 0.3 is 12.0 Å². The average Bonchev–Trinajstić information content (AvgIpc) is 2.79. The summed E-state index contributed by atoms with van der Waals surface area (Å²) in [5.41, 5.74) is 2.89. The van der Waals surface area contributed by atoms with Crippen molar-refractivity contribution in [2.75, 3.05) is 44.7 Å². The van der Waals surface area contributed by atoms with Crippen LogP contribution in [0.3, 0.4) is 0 Å². The van der Waals surface area contributed by atoms with Crippen LogP contribution in [0.1, 0.15) is 11.6 Å². The third-order valence-electron chi connectivity index (χ3n) is 5.62. The molecule has 0 aromatic heterocycles. The first-order valence-corrected chi connectivity index (χ1v) is 10.6. The second-order valence-corrected chi connectivity index (χ2v) is 8.01. The van der Waals surface area contributed by atoms with Crippen molar-refractivity contribution < 1.29 is 14.3 Å². The molecule has 1 atom stereocenters. The molecule has 7 nitrogen and oxygen atoms in total. The molecule has 2 amide bonds. The minimum Gasteiger partial charge on any atom is -0.466 e. The summed E-state index contributed by atoms with van der Waals surface area (Å²) in [6.45, 7) is 3.83. The molecule has 0 spiro atoms. The van der Waals surface area contributed by atoms with Crippen LogP contribution in [-0.2, 0) is 9.53 Å². The topological polar surface area (TPSA) is 73.9 Å². The first-order valence-electron chi connectivity index (χ1n) is 10.2. The molecular formula is C23H25ClN4O3. The fraction of sp³-hybridized carbons (Fsp3) is 0.304. The molecule has 0 aliphatic carbocycles. The van der Waals surface area contributed by atoms with E-state index in [1.54, 1.807) is 18.2 Å². The number of nitrogens with zero attached hydrogens (tertiary/aromatic N) is 2. The van der Waals surface area contributed by atoms with E-state index >= 15 is 0 Å². The fourth-order valence-corrected chi connectivity index (χ4v) is 4.26. The number of rotatable bonds is 5. The molecule has 8 heteroatoms. The molecular weight excluding hydrogens is 416 g/mol. The van der Waals surface area contributed by atoms with Crippen molar-refractivity contribution >= 4 is 29.3 Å². The Morgan fingerprint density at radius 1 is 1.10 bits per heavy atom. The quantitative estimate of drug-likeness (QED) is 0.699. The number of nitrogens with one attached hydrogen (secondary N) is 2. The summed E-state index contributed by atoms with van der Waals surface area (Å²) in [4.78, 5) is 29.7. The maximum absolute atomic E-state index is 12.7. The maximum Gasteiger partial charge on any atom is 0.338 e. The van der Waals surface area contributed by atoms with Gasteiger partial charge in [-0.2, -0.15) is 0 Å². The molecule has 0 saturated carbocycles. The van der Waals surface area contributed by atoms with E-state index in [0.29, 0.717) is 22.8 Å². The first-order chi connectivity index (χ1) is 15.0. The monoisotopic (exact) mass is 440 g/mol. The Morgan fingerprint density at radius 3 is 2.52 bits per heavy atom. The first kappa shape index (κ1) is 21.2. The molecule has 2 heterocycles. The van der Waals surface area contributed by atoms with Gasteiger partial charge in [0.1, 0.15) is 0 Å². The Balaban J connectivity index is 1.55. The summed E-state index contributed by atoms with van der Waals surface area (Å²) in [6.07, 6.45) is 0. The Kier molecular flexibility index (Phi) is 6.44. The Morgan fingerprint density at radius 2 is 1.84 bits per heavy atom. The van der Waals surface area contributed by atoms with Gasteiger partial charge in [-0.3, -0.25) is 4.90 Å². The van der Waals surface area contributed by atoms with Crippen LogP contribution < -0.4 is 15.5 Å². The van der Waals surface area contributed by atoms with Crippen LogP contribution >= 0.6 is 11.6 Å². The number of hydrogen-bond donors (Lipinski definition) is 2. The Hall–Kier alpha value is -3.03. The maximum atomic E-state index is 12.7. The van der Waals surface area contributed by atoms with E-state index in [0.717, 1.165) is 31.7 Å². The number of esters is 1. The number of anilines is 1. The van der Waals surface area contributed by atoms with Crippen molar-refractivity contribution in [2.24, 2.45) is 0 Å². The summed E-state index contributed by atoms with van der Waals surface area (Å²) in [5.74, 6) is -0.476. The lowest BCUT2D eigenvalue weighted by atomic mass is 9.95. The predicted octanol–water partition coefficient (Wildman–Crippen LogP) is 2.94. The van der Waals surface area contributed by atoms with Crippen LogP contribution in [0.25, 0.3) is 0 Å². The van der Waals surface area contributed by atoms with Gasteiger partial charge in [-0.05, 0) is 29.8 Å². The molecule has 0 unspecified atom stereocenters.